The fraction of sp³-hybridized carbons (Fsp3) is 0.692. The minimum absolute atomic E-state index is 0.174. The molecule has 100 valence electrons. The topological polar surface area (TPSA) is 50.3 Å². The smallest absolute Gasteiger partial charge is 0.224 e. The molecule has 1 aliphatic rings. The van der Waals surface area contributed by atoms with Gasteiger partial charge in [-0.05, 0) is 33.8 Å². The average Bonchev–Trinajstić information content (AvgIpc) is 2.25. The molecule has 1 aromatic rings. The Kier molecular flexibility index (Phi) is 3.19. The van der Waals surface area contributed by atoms with Gasteiger partial charge in [-0.15, -0.1) is 0 Å². The van der Waals surface area contributed by atoms with E-state index in [-0.39, 0.29) is 11.2 Å². The van der Waals surface area contributed by atoms with E-state index in [9.17, 15) is 0 Å². The molecule has 1 aromatic heterocycles. The van der Waals surface area contributed by atoms with E-state index in [1.165, 1.54) is 0 Å². The lowest BCUT2D eigenvalue weighted by molar-refractivity contribution is -0.133. The maximum atomic E-state index is 6.07. The van der Waals surface area contributed by atoms with Crippen molar-refractivity contribution in [2.24, 2.45) is 0 Å². The van der Waals surface area contributed by atoms with Gasteiger partial charge in [0.05, 0.1) is 11.2 Å². The number of hydrogen-bond acceptors (Lipinski definition) is 5. The van der Waals surface area contributed by atoms with E-state index in [1.807, 2.05) is 13.1 Å². The van der Waals surface area contributed by atoms with Crippen LogP contribution in [0.5, 0.6) is 0 Å². The van der Waals surface area contributed by atoms with E-state index in [1.54, 1.807) is 6.20 Å². The van der Waals surface area contributed by atoms with Crippen molar-refractivity contribution in [3.8, 4) is 0 Å². The molecule has 0 spiro atoms. The van der Waals surface area contributed by atoms with Crippen LogP contribution in [0.25, 0.3) is 0 Å². The van der Waals surface area contributed by atoms with E-state index in [0.717, 1.165) is 18.9 Å². The fourth-order valence-corrected chi connectivity index (χ4v) is 2.60. The molecule has 0 radical (unpaired) electrons. The number of rotatable bonds is 2. The van der Waals surface area contributed by atoms with Crippen molar-refractivity contribution in [3.63, 3.8) is 0 Å². The normalized spacial score (nSPS) is 21.7. The molecule has 18 heavy (non-hydrogen) atoms. The summed E-state index contributed by atoms with van der Waals surface area (Å²) in [7, 11) is 1.83. The molecule has 0 atom stereocenters. The van der Waals surface area contributed by atoms with Crippen LogP contribution in [-0.2, 0) is 4.74 Å². The predicted octanol–water partition coefficient (Wildman–Crippen LogP) is 1.91. The highest BCUT2D eigenvalue weighted by atomic mass is 16.5. The van der Waals surface area contributed by atoms with Crippen LogP contribution in [0.4, 0.5) is 11.8 Å². The van der Waals surface area contributed by atoms with E-state index < -0.39 is 0 Å². The summed E-state index contributed by atoms with van der Waals surface area (Å²) in [4.78, 5) is 10.9. The van der Waals surface area contributed by atoms with Crippen LogP contribution in [0, 0.1) is 0 Å². The second-order valence-corrected chi connectivity index (χ2v) is 5.97. The van der Waals surface area contributed by atoms with Crippen molar-refractivity contribution >= 4 is 11.8 Å². The van der Waals surface area contributed by atoms with Gasteiger partial charge in [-0.1, -0.05) is 0 Å². The van der Waals surface area contributed by atoms with Crippen molar-refractivity contribution < 1.29 is 4.74 Å². The summed E-state index contributed by atoms with van der Waals surface area (Å²) < 4.78 is 6.07. The third-order valence-corrected chi connectivity index (χ3v) is 2.88. The molecule has 2 rings (SSSR count). The van der Waals surface area contributed by atoms with E-state index in [4.69, 9.17) is 4.74 Å². The van der Waals surface area contributed by atoms with Crippen LogP contribution < -0.4 is 10.2 Å². The highest BCUT2D eigenvalue weighted by molar-refractivity contribution is 5.43. The molecule has 1 N–H and O–H groups in total. The van der Waals surface area contributed by atoms with Gasteiger partial charge in [-0.3, -0.25) is 0 Å². The fourth-order valence-electron chi connectivity index (χ4n) is 2.60. The first kappa shape index (κ1) is 13.1. The first-order chi connectivity index (χ1) is 8.31. The number of aromatic nitrogens is 2. The minimum atomic E-state index is -0.174. The number of hydrogen-bond donors (Lipinski definition) is 1. The van der Waals surface area contributed by atoms with Crippen molar-refractivity contribution in [2.75, 3.05) is 30.4 Å². The molecule has 1 aliphatic heterocycles. The summed E-state index contributed by atoms with van der Waals surface area (Å²) in [5.74, 6) is 1.59. The molecule has 0 aromatic carbocycles. The third kappa shape index (κ3) is 2.90. The zero-order chi connectivity index (χ0) is 13.4. The summed E-state index contributed by atoms with van der Waals surface area (Å²) >= 11 is 0. The van der Waals surface area contributed by atoms with Crippen molar-refractivity contribution in [3.05, 3.63) is 12.3 Å². The second-order valence-electron chi connectivity index (χ2n) is 5.97. The van der Waals surface area contributed by atoms with Crippen LogP contribution in [0.1, 0.15) is 27.7 Å². The van der Waals surface area contributed by atoms with Crippen molar-refractivity contribution in [1.29, 1.82) is 0 Å². The van der Waals surface area contributed by atoms with Crippen molar-refractivity contribution in [2.45, 2.75) is 38.9 Å². The van der Waals surface area contributed by atoms with Crippen LogP contribution in [0.3, 0.4) is 0 Å². The van der Waals surface area contributed by atoms with Gasteiger partial charge in [0, 0.05) is 26.3 Å². The Labute approximate surface area is 109 Å². The summed E-state index contributed by atoms with van der Waals surface area (Å²) in [5, 5.41) is 2.97. The monoisotopic (exact) mass is 250 g/mol. The summed E-state index contributed by atoms with van der Waals surface area (Å²) in [5.41, 5.74) is -0.348. The Morgan fingerprint density at radius 1 is 1.22 bits per heavy atom. The van der Waals surface area contributed by atoms with Crippen LogP contribution in [0.15, 0.2) is 12.3 Å². The number of morpholine rings is 1. The SMILES string of the molecule is CNc1nccc(N2CC(C)(C)OC(C)(C)C2)n1. The van der Waals surface area contributed by atoms with Crippen molar-refractivity contribution in [1.82, 2.24) is 9.97 Å². The van der Waals surface area contributed by atoms with Gasteiger partial charge in [0.1, 0.15) is 5.82 Å². The second kappa shape index (κ2) is 4.39. The van der Waals surface area contributed by atoms with E-state index in [2.05, 4.69) is 47.9 Å². The van der Waals surface area contributed by atoms with Gasteiger partial charge in [-0.2, -0.15) is 4.98 Å². The molecule has 2 heterocycles. The maximum Gasteiger partial charge on any atom is 0.224 e. The van der Waals surface area contributed by atoms with E-state index in [0.29, 0.717) is 5.95 Å². The Morgan fingerprint density at radius 3 is 2.39 bits per heavy atom. The standard InChI is InChI=1S/C13H22N4O/c1-12(2)8-17(9-13(3,4)18-12)10-6-7-15-11(14-5)16-10/h6-7H,8-9H2,1-5H3,(H,14,15,16). The van der Waals surface area contributed by atoms with Crippen LogP contribution in [0.2, 0.25) is 0 Å². The highest BCUT2D eigenvalue weighted by Crippen LogP contribution is 2.30. The van der Waals surface area contributed by atoms with Crippen LogP contribution >= 0.6 is 0 Å². The lowest BCUT2D eigenvalue weighted by Crippen LogP contribution is -2.57. The Balaban J connectivity index is 2.26. The lowest BCUT2D eigenvalue weighted by atomic mass is 9.99. The zero-order valence-electron chi connectivity index (χ0n) is 11.8. The molecular weight excluding hydrogens is 228 g/mol. The molecule has 0 unspecified atom stereocenters. The Bertz CT molecular complexity index is 415. The third-order valence-electron chi connectivity index (χ3n) is 2.88. The molecule has 1 fully saturated rings. The van der Waals surface area contributed by atoms with Gasteiger partial charge in [0.25, 0.3) is 0 Å². The number of anilines is 2. The summed E-state index contributed by atoms with van der Waals surface area (Å²) in [6.07, 6.45) is 1.78. The lowest BCUT2D eigenvalue weighted by Gasteiger charge is -2.47. The first-order valence-corrected chi connectivity index (χ1v) is 6.27. The average molecular weight is 250 g/mol. The van der Waals surface area contributed by atoms with Gasteiger partial charge < -0.3 is 15.0 Å². The number of ether oxygens (including phenoxy) is 1. The Morgan fingerprint density at radius 2 is 1.83 bits per heavy atom. The van der Waals surface area contributed by atoms with Gasteiger partial charge >= 0.3 is 0 Å². The molecule has 0 aliphatic carbocycles. The minimum Gasteiger partial charge on any atom is -0.366 e. The number of nitrogens with zero attached hydrogens (tertiary/aromatic N) is 3. The summed E-state index contributed by atoms with van der Waals surface area (Å²) in [6, 6.07) is 1.94. The molecule has 0 amide bonds. The largest absolute Gasteiger partial charge is 0.366 e. The quantitative estimate of drug-likeness (QED) is 0.869. The highest BCUT2D eigenvalue weighted by Gasteiger charge is 2.38. The molecule has 0 bridgehead atoms. The van der Waals surface area contributed by atoms with Gasteiger partial charge in [-0.25, -0.2) is 4.98 Å². The van der Waals surface area contributed by atoms with Gasteiger partial charge in [0.2, 0.25) is 5.95 Å². The first-order valence-electron chi connectivity index (χ1n) is 6.27. The maximum absolute atomic E-state index is 6.07. The van der Waals surface area contributed by atoms with E-state index >= 15 is 0 Å². The number of nitrogens with one attached hydrogen (secondary N) is 1. The zero-order valence-corrected chi connectivity index (χ0v) is 11.8. The van der Waals surface area contributed by atoms with Gasteiger partial charge in [0.15, 0.2) is 0 Å². The molecule has 5 heteroatoms. The molecular formula is C13H22N4O. The molecule has 0 saturated carbocycles. The van der Waals surface area contributed by atoms with Crippen LogP contribution in [-0.4, -0.2) is 41.3 Å². The summed E-state index contributed by atoms with van der Waals surface area (Å²) in [6.45, 7) is 10.1. The Hall–Kier alpha value is -1.36. The predicted molar refractivity (Wildman–Crippen MR) is 73.0 cm³/mol. The molecule has 1 saturated heterocycles. The molecule has 5 nitrogen and oxygen atoms in total.